The number of thiophene rings is 1. The maximum absolute atomic E-state index is 6.41. The predicted molar refractivity (Wildman–Crippen MR) is 195 cm³/mol. The molecule has 0 atom stereocenters. The molecule has 0 radical (unpaired) electrons. The summed E-state index contributed by atoms with van der Waals surface area (Å²) in [5.74, 6) is 2.56. The summed E-state index contributed by atoms with van der Waals surface area (Å²) in [6.45, 7) is 4.53. The van der Waals surface area contributed by atoms with Gasteiger partial charge in [-0.05, 0) is 41.5 Å². The molecule has 3 nitrogen and oxygen atoms in total. The van der Waals surface area contributed by atoms with Crippen LogP contribution in [0.5, 0.6) is 11.5 Å². The number of ether oxygens (including phenoxy) is 1. The van der Waals surface area contributed by atoms with Crippen LogP contribution in [0, 0.1) is 0 Å². The molecule has 1 aliphatic heterocycles. The smallest absolute Gasteiger partial charge is 0.160 e. The van der Waals surface area contributed by atoms with Crippen molar-refractivity contribution < 1.29 is 4.74 Å². The summed E-state index contributed by atoms with van der Waals surface area (Å²) in [5.41, 5.74) is 9.46. The molecule has 224 valence electrons. The van der Waals surface area contributed by atoms with Crippen molar-refractivity contribution in [2.75, 3.05) is 0 Å². The molecule has 3 heterocycles. The summed E-state index contributed by atoms with van der Waals surface area (Å²) in [6.07, 6.45) is 0. The third kappa shape index (κ3) is 4.72. The molecule has 1 aliphatic rings. The van der Waals surface area contributed by atoms with Crippen LogP contribution in [0.25, 0.3) is 65.2 Å². The molecule has 0 amide bonds. The van der Waals surface area contributed by atoms with Gasteiger partial charge in [0.2, 0.25) is 0 Å². The number of nitrogens with zero attached hydrogens (tertiary/aromatic N) is 2. The fraction of sp³-hybridized carbons (Fsp3) is 0.0698. The van der Waals surface area contributed by atoms with Gasteiger partial charge in [0.05, 0.1) is 11.4 Å². The molecule has 6 aromatic carbocycles. The average molecular weight is 623 g/mol. The third-order valence-electron chi connectivity index (χ3n) is 9.38. The zero-order valence-electron chi connectivity index (χ0n) is 26.1. The Morgan fingerprint density at radius 3 is 1.96 bits per heavy atom. The van der Waals surface area contributed by atoms with Gasteiger partial charge in [0.25, 0.3) is 0 Å². The number of para-hydroxylation sites is 1. The first-order chi connectivity index (χ1) is 23.0. The van der Waals surface area contributed by atoms with Gasteiger partial charge in [-0.15, -0.1) is 11.3 Å². The molecule has 0 saturated heterocycles. The second-order valence-corrected chi connectivity index (χ2v) is 13.7. The third-order valence-corrected chi connectivity index (χ3v) is 10.5. The Morgan fingerprint density at radius 1 is 0.468 bits per heavy atom. The Balaban J connectivity index is 1.10. The molecule has 2 aromatic heterocycles. The van der Waals surface area contributed by atoms with Crippen LogP contribution in [0.15, 0.2) is 146 Å². The highest BCUT2D eigenvalue weighted by molar-refractivity contribution is 7.25. The summed E-state index contributed by atoms with van der Waals surface area (Å²) in [7, 11) is 0. The van der Waals surface area contributed by atoms with Gasteiger partial charge in [-0.1, -0.05) is 129 Å². The van der Waals surface area contributed by atoms with Gasteiger partial charge in [0.15, 0.2) is 5.82 Å². The molecule has 0 bridgehead atoms. The van der Waals surface area contributed by atoms with Gasteiger partial charge < -0.3 is 4.74 Å². The normalized spacial score (nSPS) is 13.2. The van der Waals surface area contributed by atoms with Gasteiger partial charge in [0.1, 0.15) is 11.5 Å². The average Bonchev–Trinajstić information content (AvgIpc) is 3.50. The highest BCUT2D eigenvalue weighted by atomic mass is 32.1. The van der Waals surface area contributed by atoms with Crippen molar-refractivity contribution in [3.63, 3.8) is 0 Å². The van der Waals surface area contributed by atoms with E-state index in [2.05, 4.69) is 135 Å². The fourth-order valence-electron chi connectivity index (χ4n) is 6.82. The first kappa shape index (κ1) is 27.7. The van der Waals surface area contributed by atoms with Crippen molar-refractivity contribution in [1.29, 1.82) is 0 Å². The van der Waals surface area contributed by atoms with Crippen molar-refractivity contribution in [3.05, 3.63) is 157 Å². The lowest BCUT2D eigenvalue weighted by atomic mass is 9.75. The Morgan fingerprint density at radius 2 is 1.11 bits per heavy atom. The first-order valence-electron chi connectivity index (χ1n) is 15.9. The number of hydrogen-bond donors (Lipinski definition) is 0. The highest BCUT2D eigenvalue weighted by Crippen LogP contribution is 2.48. The van der Waals surface area contributed by atoms with Gasteiger partial charge >= 0.3 is 0 Å². The molecule has 0 fully saturated rings. The van der Waals surface area contributed by atoms with Crippen molar-refractivity contribution in [3.8, 4) is 56.5 Å². The number of fused-ring (bicyclic) bond motifs is 5. The van der Waals surface area contributed by atoms with E-state index in [-0.39, 0.29) is 5.41 Å². The molecular formula is C43H30N2OS. The van der Waals surface area contributed by atoms with Crippen LogP contribution in [0.4, 0.5) is 0 Å². The molecule has 8 aromatic rings. The van der Waals surface area contributed by atoms with Gasteiger partial charge in [-0.25, -0.2) is 9.97 Å². The number of rotatable bonds is 4. The van der Waals surface area contributed by atoms with E-state index in [9.17, 15) is 0 Å². The van der Waals surface area contributed by atoms with Crippen molar-refractivity contribution >= 4 is 31.5 Å². The van der Waals surface area contributed by atoms with E-state index in [0.717, 1.165) is 50.7 Å². The van der Waals surface area contributed by atoms with E-state index in [1.165, 1.54) is 31.3 Å². The van der Waals surface area contributed by atoms with Gasteiger partial charge in [0, 0.05) is 53.4 Å². The highest BCUT2D eigenvalue weighted by Gasteiger charge is 2.34. The lowest BCUT2D eigenvalue weighted by molar-refractivity contribution is 0.418. The van der Waals surface area contributed by atoms with Crippen LogP contribution in [0.1, 0.15) is 25.0 Å². The monoisotopic (exact) mass is 622 g/mol. The van der Waals surface area contributed by atoms with E-state index >= 15 is 0 Å². The maximum atomic E-state index is 6.41. The van der Waals surface area contributed by atoms with Crippen molar-refractivity contribution in [2.45, 2.75) is 19.3 Å². The number of benzene rings is 6. The van der Waals surface area contributed by atoms with Crippen LogP contribution < -0.4 is 4.74 Å². The minimum absolute atomic E-state index is 0.130. The van der Waals surface area contributed by atoms with Crippen molar-refractivity contribution in [1.82, 2.24) is 9.97 Å². The van der Waals surface area contributed by atoms with E-state index in [0.29, 0.717) is 5.82 Å². The first-order valence-corrected chi connectivity index (χ1v) is 16.7. The molecule has 0 saturated carbocycles. The summed E-state index contributed by atoms with van der Waals surface area (Å²) >= 11 is 1.82. The maximum Gasteiger partial charge on any atom is 0.160 e. The zero-order valence-corrected chi connectivity index (χ0v) is 26.9. The molecule has 0 unspecified atom stereocenters. The standard InChI is InChI=1S/C43H30N2OS/c1-43(2)34-13-7-8-14-38(34)46-39-24-30(21-23-35(39)43)27-16-18-28(19-17-27)36-26-37(45-42(44-36)29-10-4-3-5-11-29)31-20-22-33-32-12-6-9-15-40(32)47-41(33)25-31/h3-26H,1-2H3. The van der Waals surface area contributed by atoms with E-state index in [1.807, 2.05) is 35.6 Å². The van der Waals surface area contributed by atoms with Crippen LogP contribution in [0.2, 0.25) is 0 Å². The molecular weight excluding hydrogens is 593 g/mol. The Bertz CT molecular complexity index is 2460. The second kappa shape index (κ2) is 10.8. The zero-order chi connectivity index (χ0) is 31.5. The molecule has 47 heavy (non-hydrogen) atoms. The fourth-order valence-corrected chi connectivity index (χ4v) is 7.96. The predicted octanol–water partition coefficient (Wildman–Crippen LogP) is 11.9. The van der Waals surface area contributed by atoms with Crippen LogP contribution >= 0.6 is 11.3 Å². The Hall–Kier alpha value is -5.58. The molecule has 4 heteroatoms. The number of hydrogen-bond acceptors (Lipinski definition) is 4. The summed E-state index contributed by atoms with van der Waals surface area (Å²) in [6, 6.07) is 51.2. The summed E-state index contributed by atoms with van der Waals surface area (Å²) in [4.78, 5) is 10.1. The summed E-state index contributed by atoms with van der Waals surface area (Å²) in [5, 5.41) is 2.58. The van der Waals surface area contributed by atoms with E-state index in [1.54, 1.807) is 0 Å². The van der Waals surface area contributed by atoms with Crippen LogP contribution in [-0.4, -0.2) is 9.97 Å². The van der Waals surface area contributed by atoms with E-state index in [4.69, 9.17) is 14.7 Å². The molecule has 0 aliphatic carbocycles. The Kier molecular flexibility index (Phi) is 6.34. The molecule has 9 rings (SSSR count). The van der Waals surface area contributed by atoms with Gasteiger partial charge in [-0.3, -0.25) is 0 Å². The second-order valence-electron chi connectivity index (χ2n) is 12.6. The topological polar surface area (TPSA) is 35.0 Å². The SMILES string of the molecule is CC1(C)c2ccccc2Oc2cc(-c3ccc(-c4cc(-c5ccc6c(c5)sc5ccccc56)nc(-c5ccccc5)n4)cc3)ccc21. The van der Waals surface area contributed by atoms with Gasteiger partial charge in [-0.2, -0.15) is 0 Å². The van der Waals surface area contributed by atoms with Crippen LogP contribution in [-0.2, 0) is 5.41 Å². The quantitative estimate of drug-likeness (QED) is 0.196. The summed E-state index contributed by atoms with van der Waals surface area (Å²) < 4.78 is 8.96. The van der Waals surface area contributed by atoms with Crippen LogP contribution in [0.3, 0.4) is 0 Å². The minimum atomic E-state index is -0.130. The largest absolute Gasteiger partial charge is 0.457 e. The van der Waals surface area contributed by atoms with E-state index < -0.39 is 0 Å². The minimum Gasteiger partial charge on any atom is -0.457 e. The molecule has 0 spiro atoms. The Labute approximate surface area is 277 Å². The van der Waals surface area contributed by atoms with Crippen molar-refractivity contribution in [2.24, 2.45) is 0 Å². The lowest BCUT2D eigenvalue weighted by Gasteiger charge is -2.34. The number of aromatic nitrogens is 2. The molecule has 0 N–H and O–H groups in total. The lowest BCUT2D eigenvalue weighted by Crippen LogP contribution is -2.24.